The first kappa shape index (κ1) is 12.3. The molecule has 0 spiro atoms. The fraction of sp³-hybridized carbons (Fsp3) is 0.273. The van der Waals surface area contributed by atoms with Gasteiger partial charge in [-0.05, 0) is 18.2 Å². The Balaban J connectivity index is 2.61. The van der Waals surface area contributed by atoms with E-state index in [-0.39, 0.29) is 17.9 Å². The van der Waals surface area contributed by atoms with E-state index in [1.807, 2.05) is 0 Å². The number of amides is 3. The van der Waals surface area contributed by atoms with Crippen molar-refractivity contribution in [2.24, 2.45) is 5.73 Å². The molecule has 4 N–H and O–H groups in total. The zero-order chi connectivity index (χ0) is 13.3. The van der Waals surface area contributed by atoms with Crippen LogP contribution in [-0.4, -0.2) is 25.6 Å². The van der Waals surface area contributed by atoms with Crippen molar-refractivity contribution < 1.29 is 18.7 Å². The van der Waals surface area contributed by atoms with E-state index in [0.717, 1.165) is 6.07 Å². The first-order valence-electron chi connectivity index (χ1n) is 5.21. The maximum Gasteiger partial charge on any atom is 0.322 e. The van der Waals surface area contributed by atoms with E-state index in [4.69, 9.17) is 10.5 Å². The molecule has 1 aliphatic rings. The summed E-state index contributed by atoms with van der Waals surface area (Å²) in [5, 5.41) is 4.49. The van der Waals surface area contributed by atoms with Crippen LogP contribution in [0.5, 0.6) is 5.75 Å². The van der Waals surface area contributed by atoms with Crippen molar-refractivity contribution in [1.29, 1.82) is 0 Å². The SMILES string of the molecule is COc1ccc(F)cc1C1(CN)NC(=O)NC1=O. The average Bonchev–Trinajstić information content (AvgIpc) is 2.64. The molecular formula is C11H12FN3O3. The minimum Gasteiger partial charge on any atom is -0.496 e. The summed E-state index contributed by atoms with van der Waals surface area (Å²) in [6.45, 7) is -0.204. The van der Waals surface area contributed by atoms with E-state index in [9.17, 15) is 14.0 Å². The topological polar surface area (TPSA) is 93.4 Å². The second-order valence-electron chi connectivity index (χ2n) is 3.86. The molecule has 0 bridgehead atoms. The number of hydrogen-bond donors (Lipinski definition) is 3. The molecule has 3 amide bonds. The predicted octanol–water partition coefficient (Wildman–Crippen LogP) is -0.172. The van der Waals surface area contributed by atoms with Crippen LogP contribution in [0, 0.1) is 5.82 Å². The summed E-state index contributed by atoms with van der Waals surface area (Å²) >= 11 is 0. The lowest BCUT2D eigenvalue weighted by atomic mass is 9.89. The normalized spacial score (nSPS) is 22.6. The number of methoxy groups -OCH3 is 1. The third-order valence-corrected chi connectivity index (χ3v) is 2.87. The van der Waals surface area contributed by atoms with E-state index >= 15 is 0 Å². The molecule has 1 aromatic rings. The maximum atomic E-state index is 13.3. The van der Waals surface area contributed by atoms with Crippen LogP contribution < -0.4 is 21.1 Å². The highest BCUT2D eigenvalue weighted by molar-refractivity contribution is 6.08. The molecule has 1 unspecified atom stereocenters. The van der Waals surface area contributed by atoms with Crippen molar-refractivity contribution in [2.45, 2.75) is 5.54 Å². The van der Waals surface area contributed by atoms with Crippen LogP contribution in [0.1, 0.15) is 5.56 Å². The van der Waals surface area contributed by atoms with Gasteiger partial charge < -0.3 is 15.8 Å². The van der Waals surface area contributed by atoms with Crippen molar-refractivity contribution in [3.05, 3.63) is 29.6 Å². The first-order chi connectivity index (χ1) is 8.53. The van der Waals surface area contributed by atoms with Crippen LogP contribution in [0.2, 0.25) is 0 Å². The zero-order valence-electron chi connectivity index (χ0n) is 9.62. The number of nitrogens with two attached hydrogens (primary N) is 1. The molecular weight excluding hydrogens is 241 g/mol. The van der Waals surface area contributed by atoms with E-state index in [1.54, 1.807) is 0 Å². The molecule has 1 fully saturated rings. The number of hydrogen-bond acceptors (Lipinski definition) is 4. The van der Waals surface area contributed by atoms with Crippen LogP contribution in [-0.2, 0) is 10.3 Å². The van der Waals surface area contributed by atoms with Gasteiger partial charge in [0.2, 0.25) is 0 Å². The summed E-state index contributed by atoms with van der Waals surface area (Å²) in [6, 6.07) is 3.02. The Kier molecular flexibility index (Phi) is 2.92. The van der Waals surface area contributed by atoms with Crippen molar-refractivity contribution in [2.75, 3.05) is 13.7 Å². The monoisotopic (exact) mass is 253 g/mol. The Morgan fingerprint density at radius 2 is 2.17 bits per heavy atom. The number of rotatable bonds is 3. The van der Waals surface area contributed by atoms with Gasteiger partial charge in [0.05, 0.1) is 7.11 Å². The molecule has 18 heavy (non-hydrogen) atoms. The molecule has 0 saturated carbocycles. The minimum absolute atomic E-state index is 0.191. The summed E-state index contributed by atoms with van der Waals surface area (Å²) in [7, 11) is 1.38. The number of halogens is 1. The highest BCUT2D eigenvalue weighted by Gasteiger charge is 2.48. The lowest BCUT2D eigenvalue weighted by Gasteiger charge is -2.26. The molecule has 96 valence electrons. The summed E-state index contributed by atoms with van der Waals surface area (Å²) < 4.78 is 18.4. The number of urea groups is 1. The van der Waals surface area contributed by atoms with Crippen molar-refractivity contribution in [3.8, 4) is 5.75 Å². The molecule has 1 aliphatic heterocycles. The van der Waals surface area contributed by atoms with Gasteiger partial charge in [0.25, 0.3) is 5.91 Å². The van der Waals surface area contributed by atoms with Crippen molar-refractivity contribution in [1.82, 2.24) is 10.6 Å². The molecule has 6 nitrogen and oxygen atoms in total. The van der Waals surface area contributed by atoms with Gasteiger partial charge in [-0.25, -0.2) is 9.18 Å². The summed E-state index contributed by atoms with van der Waals surface area (Å²) in [5.41, 5.74) is 4.27. The van der Waals surface area contributed by atoms with E-state index in [1.165, 1.54) is 19.2 Å². The number of nitrogens with one attached hydrogen (secondary N) is 2. The molecule has 1 heterocycles. The maximum absolute atomic E-state index is 13.3. The van der Waals surface area contributed by atoms with E-state index in [0.29, 0.717) is 0 Å². The summed E-state index contributed by atoms with van der Waals surface area (Å²) in [4.78, 5) is 23.1. The third kappa shape index (κ3) is 1.68. The molecule has 0 aromatic heterocycles. The number of carbonyl (C=O) groups is 2. The van der Waals surface area contributed by atoms with Gasteiger partial charge in [0.1, 0.15) is 11.6 Å². The zero-order valence-corrected chi connectivity index (χ0v) is 9.62. The van der Waals surface area contributed by atoms with E-state index in [2.05, 4.69) is 10.6 Å². The molecule has 1 atom stereocenters. The Labute approximate surface area is 102 Å². The minimum atomic E-state index is -1.50. The fourth-order valence-electron chi connectivity index (χ4n) is 1.95. The molecule has 7 heteroatoms. The van der Waals surface area contributed by atoms with Crippen molar-refractivity contribution >= 4 is 11.9 Å². The van der Waals surface area contributed by atoms with Gasteiger partial charge in [-0.3, -0.25) is 10.1 Å². The Morgan fingerprint density at radius 3 is 2.67 bits per heavy atom. The quantitative estimate of drug-likeness (QED) is 0.652. The van der Waals surface area contributed by atoms with Gasteiger partial charge in [-0.2, -0.15) is 0 Å². The number of benzene rings is 1. The van der Waals surface area contributed by atoms with Crippen molar-refractivity contribution in [3.63, 3.8) is 0 Å². The fourth-order valence-corrected chi connectivity index (χ4v) is 1.95. The van der Waals surface area contributed by atoms with Gasteiger partial charge in [0, 0.05) is 12.1 Å². The van der Waals surface area contributed by atoms with Crippen LogP contribution >= 0.6 is 0 Å². The van der Waals surface area contributed by atoms with E-state index < -0.39 is 23.3 Å². The second-order valence-corrected chi connectivity index (χ2v) is 3.86. The lowest BCUT2D eigenvalue weighted by Crippen LogP contribution is -2.50. The van der Waals surface area contributed by atoms with Gasteiger partial charge in [0.15, 0.2) is 5.54 Å². The highest BCUT2D eigenvalue weighted by Crippen LogP contribution is 2.32. The Hall–Kier alpha value is -2.15. The largest absolute Gasteiger partial charge is 0.496 e. The summed E-state index contributed by atoms with van der Waals surface area (Å²) in [6.07, 6.45) is 0. The summed E-state index contributed by atoms with van der Waals surface area (Å²) in [5.74, 6) is -0.898. The molecule has 1 saturated heterocycles. The van der Waals surface area contributed by atoms with Crippen LogP contribution in [0.25, 0.3) is 0 Å². The smallest absolute Gasteiger partial charge is 0.322 e. The molecule has 1 aromatic carbocycles. The Morgan fingerprint density at radius 1 is 1.44 bits per heavy atom. The number of imide groups is 1. The standard InChI is InChI=1S/C11H12FN3O3/c1-18-8-3-2-6(12)4-7(8)11(5-13)9(16)14-10(17)15-11/h2-4H,5,13H2,1H3,(H2,14,15,16,17). The number of carbonyl (C=O) groups excluding carboxylic acids is 2. The molecule has 0 aliphatic carbocycles. The third-order valence-electron chi connectivity index (χ3n) is 2.87. The average molecular weight is 253 g/mol. The molecule has 0 radical (unpaired) electrons. The second kappa shape index (κ2) is 4.26. The highest BCUT2D eigenvalue weighted by atomic mass is 19.1. The van der Waals surface area contributed by atoms with Gasteiger partial charge in [-0.15, -0.1) is 0 Å². The van der Waals surface area contributed by atoms with Crippen LogP contribution in [0.4, 0.5) is 9.18 Å². The van der Waals surface area contributed by atoms with Gasteiger partial charge in [-0.1, -0.05) is 0 Å². The lowest BCUT2D eigenvalue weighted by molar-refractivity contribution is -0.124. The first-order valence-corrected chi connectivity index (χ1v) is 5.21. The number of ether oxygens (including phenoxy) is 1. The molecule has 2 rings (SSSR count). The predicted molar refractivity (Wildman–Crippen MR) is 60.4 cm³/mol. The van der Waals surface area contributed by atoms with Crippen LogP contribution in [0.3, 0.4) is 0 Å². The van der Waals surface area contributed by atoms with Gasteiger partial charge >= 0.3 is 6.03 Å². The Bertz CT molecular complexity index is 520. The van der Waals surface area contributed by atoms with Crippen LogP contribution in [0.15, 0.2) is 18.2 Å².